The van der Waals surface area contributed by atoms with Crippen LogP contribution in [0.3, 0.4) is 0 Å². The lowest BCUT2D eigenvalue weighted by atomic mass is 9.96. The number of aromatic nitrogens is 2. The van der Waals surface area contributed by atoms with Crippen LogP contribution in [0, 0.1) is 13.8 Å². The van der Waals surface area contributed by atoms with Crippen molar-refractivity contribution in [3.05, 3.63) is 102 Å². The van der Waals surface area contributed by atoms with E-state index < -0.39 is 0 Å². The molecule has 6 rings (SSSR count). The number of morpholine rings is 1. The molecule has 4 heterocycles. The number of benzene rings is 2. The fourth-order valence-corrected chi connectivity index (χ4v) is 6.05. The molecule has 2 N–H and O–H groups in total. The molecule has 2 aliphatic heterocycles. The lowest BCUT2D eigenvalue weighted by Gasteiger charge is -2.31. The molecular weight excluding hydrogens is 494 g/mol. The van der Waals surface area contributed by atoms with Crippen LogP contribution < -0.4 is 15.1 Å². The van der Waals surface area contributed by atoms with Crippen molar-refractivity contribution in [3.8, 4) is 11.4 Å². The Kier molecular flexibility index (Phi) is 6.51. The van der Waals surface area contributed by atoms with Gasteiger partial charge < -0.3 is 29.5 Å². The topological polar surface area (TPSA) is 65.8 Å². The van der Waals surface area contributed by atoms with Crippen LogP contribution in [0.2, 0.25) is 0 Å². The smallest absolute Gasteiger partial charge is 0.174 e. The van der Waals surface area contributed by atoms with E-state index in [2.05, 4.69) is 63.9 Å². The summed E-state index contributed by atoms with van der Waals surface area (Å²) in [5.41, 5.74) is 7.13. The highest BCUT2D eigenvalue weighted by atomic mass is 32.1. The summed E-state index contributed by atoms with van der Waals surface area (Å²) < 4.78 is 7.63. The number of pyridine rings is 1. The molecule has 2 aromatic carbocycles. The number of hydrogen-bond donors (Lipinski definition) is 2. The molecule has 0 amide bonds. The number of aryl methyl sites for hydroxylation is 1. The van der Waals surface area contributed by atoms with Gasteiger partial charge in [0.25, 0.3) is 0 Å². The second-order valence-electron chi connectivity index (χ2n) is 9.76. The van der Waals surface area contributed by atoms with E-state index in [9.17, 15) is 5.11 Å². The average Bonchev–Trinajstić information content (AvgIpc) is 3.45. The van der Waals surface area contributed by atoms with Crippen LogP contribution in [-0.2, 0) is 4.74 Å². The van der Waals surface area contributed by atoms with E-state index >= 15 is 0 Å². The Hall–Kier alpha value is -3.88. The monoisotopic (exact) mass is 525 g/mol. The number of anilines is 2. The van der Waals surface area contributed by atoms with E-state index in [4.69, 9.17) is 21.9 Å². The van der Waals surface area contributed by atoms with E-state index in [0.717, 1.165) is 60.3 Å². The molecule has 0 aliphatic carbocycles. The van der Waals surface area contributed by atoms with Gasteiger partial charge in [-0.25, -0.2) is 0 Å². The third kappa shape index (κ3) is 4.29. The summed E-state index contributed by atoms with van der Waals surface area (Å²) in [7, 11) is 0. The van der Waals surface area contributed by atoms with Gasteiger partial charge in [0.15, 0.2) is 5.11 Å². The summed E-state index contributed by atoms with van der Waals surface area (Å²) in [5.74, 6) is 0.248. The molecule has 0 spiro atoms. The maximum atomic E-state index is 10.6. The molecule has 0 radical (unpaired) electrons. The number of nitrogens with one attached hydrogen (secondary N) is 1. The number of phenols is 1. The third-order valence-corrected chi connectivity index (χ3v) is 7.83. The van der Waals surface area contributed by atoms with Crippen LogP contribution in [0.25, 0.3) is 5.69 Å². The Labute approximate surface area is 228 Å². The van der Waals surface area contributed by atoms with E-state index in [0.29, 0.717) is 5.11 Å². The standard InChI is InChI=1S/C30H31N5O2S/c1-20-19-24(21(2)34(20)26-8-3-4-9-27(26)36)29-28(25-7-5-6-14-31-25)32-30(38)35(29)23-12-10-22(11-13-23)33-15-17-37-18-16-33/h3-14,19,28-29,36H,15-18H2,1-2H3,(H,32,38)/t28-,29-/m1/s1. The average molecular weight is 526 g/mol. The van der Waals surface area contributed by atoms with Crippen molar-refractivity contribution < 1.29 is 9.84 Å². The first-order chi connectivity index (χ1) is 18.5. The van der Waals surface area contributed by atoms with Crippen LogP contribution >= 0.6 is 12.2 Å². The summed E-state index contributed by atoms with van der Waals surface area (Å²) in [5, 5.41) is 14.9. The molecule has 8 heteroatoms. The molecule has 2 atom stereocenters. The second kappa shape index (κ2) is 10.1. The molecule has 0 saturated carbocycles. The SMILES string of the molecule is Cc1cc([C@@H]2[C@@H](c3ccccn3)NC(=S)N2c2ccc(N3CCOCC3)cc2)c(C)n1-c1ccccc1O. The summed E-state index contributed by atoms with van der Waals surface area (Å²) in [6, 6.07) is 24.0. The third-order valence-electron chi connectivity index (χ3n) is 7.51. The second-order valence-corrected chi connectivity index (χ2v) is 10.1. The fraction of sp³-hybridized carbons (Fsp3) is 0.267. The summed E-state index contributed by atoms with van der Waals surface area (Å²) in [6.07, 6.45) is 1.82. The van der Waals surface area contributed by atoms with Gasteiger partial charge in [0.1, 0.15) is 5.75 Å². The van der Waals surface area contributed by atoms with Crippen molar-refractivity contribution in [2.45, 2.75) is 25.9 Å². The fourth-order valence-electron chi connectivity index (χ4n) is 5.71. The van der Waals surface area contributed by atoms with E-state index in [-0.39, 0.29) is 17.8 Å². The zero-order valence-corrected chi connectivity index (χ0v) is 22.4. The molecule has 194 valence electrons. The lowest BCUT2D eigenvalue weighted by Crippen LogP contribution is -2.36. The Balaban J connectivity index is 1.44. The van der Waals surface area contributed by atoms with Crippen LogP contribution in [0.4, 0.5) is 11.4 Å². The predicted molar refractivity (Wildman–Crippen MR) is 154 cm³/mol. The zero-order chi connectivity index (χ0) is 26.2. The van der Waals surface area contributed by atoms with E-state index in [1.807, 2.05) is 42.6 Å². The number of para-hydroxylation sites is 2. The molecule has 2 aromatic heterocycles. The first-order valence-electron chi connectivity index (χ1n) is 12.9. The number of nitrogens with zero attached hydrogens (tertiary/aromatic N) is 4. The number of thiocarbonyl (C=S) groups is 1. The van der Waals surface area contributed by atoms with Gasteiger partial charge in [-0.15, -0.1) is 0 Å². The van der Waals surface area contributed by atoms with Crippen molar-refractivity contribution >= 4 is 28.7 Å². The van der Waals surface area contributed by atoms with Crippen molar-refractivity contribution in [1.29, 1.82) is 0 Å². The first-order valence-corrected chi connectivity index (χ1v) is 13.3. The van der Waals surface area contributed by atoms with Crippen LogP contribution in [0.5, 0.6) is 5.75 Å². The molecule has 2 fully saturated rings. The van der Waals surface area contributed by atoms with Gasteiger partial charge in [-0.2, -0.15) is 0 Å². The minimum atomic E-state index is -0.138. The van der Waals surface area contributed by atoms with Crippen LogP contribution in [0.15, 0.2) is 79.0 Å². The number of hydrogen-bond acceptors (Lipinski definition) is 5. The van der Waals surface area contributed by atoms with Crippen molar-refractivity contribution in [3.63, 3.8) is 0 Å². The highest BCUT2D eigenvalue weighted by Crippen LogP contribution is 2.44. The highest BCUT2D eigenvalue weighted by molar-refractivity contribution is 7.80. The Morgan fingerprint density at radius 1 is 0.947 bits per heavy atom. The molecule has 4 aromatic rings. The summed E-state index contributed by atoms with van der Waals surface area (Å²) in [4.78, 5) is 9.24. The Bertz CT molecular complexity index is 1450. The first kappa shape index (κ1) is 24.5. The normalized spacial score (nSPS) is 19.6. The molecule has 0 bridgehead atoms. The van der Waals surface area contributed by atoms with Gasteiger partial charge in [-0.1, -0.05) is 18.2 Å². The molecule has 7 nitrogen and oxygen atoms in total. The van der Waals surface area contributed by atoms with Crippen molar-refractivity contribution in [2.24, 2.45) is 0 Å². The van der Waals surface area contributed by atoms with Gasteiger partial charge in [0.2, 0.25) is 0 Å². The van der Waals surface area contributed by atoms with Gasteiger partial charge in [-0.05, 0) is 86.2 Å². The summed E-state index contributed by atoms with van der Waals surface area (Å²) in [6.45, 7) is 7.47. The highest BCUT2D eigenvalue weighted by Gasteiger charge is 2.42. The molecular formula is C30H31N5O2S. The van der Waals surface area contributed by atoms with Gasteiger partial charge in [0.05, 0.1) is 36.7 Å². The molecule has 38 heavy (non-hydrogen) atoms. The number of ether oxygens (including phenoxy) is 1. The molecule has 2 aliphatic rings. The molecule has 0 unspecified atom stereocenters. The van der Waals surface area contributed by atoms with E-state index in [1.165, 1.54) is 5.69 Å². The van der Waals surface area contributed by atoms with Gasteiger partial charge >= 0.3 is 0 Å². The van der Waals surface area contributed by atoms with Crippen molar-refractivity contribution in [1.82, 2.24) is 14.9 Å². The van der Waals surface area contributed by atoms with E-state index in [1.54, 1.807) is 6.07 Å². The minimum Gasteiger partial charge on any atom is -0.506 e. The maximum Gasteiger partial charge on any atom is 0.174 e. The minimum absolute atomic E-state index is 0.127. The number of aromatic hydroxyl groups is 1. The number of rotatable bonds is 5. The summed E-state index contributed by atoms with van der Waals surface area (Å²) >= 11 is 5.95. The quantitative estimate of drug-likeness (QED) is 0.347. The van der Waals surface area contributed by atoms with Crippen LogP contribution in [0.1, 0.15) is 34.7 Å². The van der Waals surface area contributed by atoms with Gasteiger partial charge in [-0.3, -0.25) is 4.98 Å². The molecule has 2 saturated heterocycles. The lowest BCUT2D eigenvalue weighted by molar-refractivity contribution is 0.122. The predicted octanol–water partition coefficient (Wildman–Crippen LogP) is 5.21. The largest absolute Gasteiger partial charge is 0.506 e. The number of phenolic OH excluding ortho intramolecular Hbond substituents is 1. The van der Waals surface area contributed by atoms with Gasteiger partial charge in [0, 0.05) is 42.0 Å². The van der Waals surface area contributed by atoms with Crippen LogP contribution in [-0.4, -0.2) is 46.1 Å². The zero-order valence-electron chi connectivity index (χ0n) is 21.5. The Morgan fingerprint density at radius 2 is 1.66 bits per heavy atom. The Morgan fingerprint density at radius 3 is 2.37 bits per heavy atom. The van der Waals surface area contributed by atoms with Crippen molar-refractivity contribution in [2.75, 3.05) is 36.1 Å². The maximum absolute atomic E-state index is 10.6.